The number of nitrogens with zero attached hydrogens (tertiary/aromatic N) is 1. The maximum Gasteiger partial charge on any atom is 0.320 e. The predicted molar refractivity (Wildman–Crippen MR) is 80.5 cm³/mol. The van der Waals surface area contributed by atoms with Crippen LogP contribution in [0.3, 0.4) is 0 Å². The van der Waals surface area contributed by atoms with Gasteiger partial charge in [0.05, 0.1) is 13.2 Å². The number of halogens is 1. The molecule has 3 N–H and O–H groups in total. The van der Waals surface area contributed by atoms with Crippen LogP contribution in [0.4, 0.5) is 5.69 Å². The van der Waals surface area contributed by atoms with Gasteiger partial charge in [0, 0.05) is 24.2 Å². The number of nitrogens with two attached hydrogens (primary N) is 1. The number of carbonyl (C=O) groups excluding carboxylic acids is 1. The summed E-state index contributed by atoms with van der Waals surface area (Å²) in [4.78, 5) is 24.6. The van der Waals surface area contributed by atoms with E-state index in [1.54, 1.807) is 4.90 Å². The maximum absolute atomic E-state index is 12.3. The second kappa shape index (κ2) is 7.97. The Morgan fingerprint density at radius 3 is 2.81 bits per heavy atom. The Kier molecular flexibility index (Phi) is 6.61. The number of fused-ring (bicyclic) bond motifs is 1. The molecule has 0 aromatic heterocycles. The van der Waals surface area contributed by atoms with Crippen molar-refractivity contribution in [3.63, 3.8) is 0 Å². The summed E-state index contributed by atoms with van der Waals surface area (Å²) in [7, 11) is 0. The van der Waals surface area contributed by atoms with E-state index in [1.165, 1.54) is 0 Å². The second-order valence-electron chi connectivity index (χ2n) is 4.71. The number of hydrogen-bond donors (Lipinski definition) is 2. The molecule has 0 bridgehead atoms. The molecule has 0 fully saturated rings. The van der Waals surface area contributed by atoms with E-state index in [9.17, 15) is 9.59 Å². The summed E-state index contributed by atoms with van der Waals surface area (Å²) in [5.41, 5.74) is 7.22. The average Bonchev–Trinajstić information content (AvgIpc) is 2.66. The largest absolute Gasteiger partial charge is 0.480 e. The van der Waals surface area contributed by atoms with Crippen molar-refractivity contribution in [2.24, 2.45) is 5.73 Å². The van der Waals surface area contributed by atoms with Crippen molar-refractivity contribution in [3.8, 4) is 0 Å². The molecule has 0 aliphatic carbocycles. The molecule has 1 unspecified atom stereocenters. The fourth-order valence-electron chi connectivity index (χ4n) is 2.15. The van der Waals surface area contributed by atoms with Gasteiger partial charge in [-0.15, -0.1) is 12.4 Å². The molecule has 0 radical (unpaired) electrons. The first-order chi connectivity index (χ1) is 9.59. The molecule has 6 nitrogen and oxygen atoms in total. The van der Waals surface area contributed by atoms with Crippen LogP contribution in [-0.4, -0.2) is 36.2 Å². The van der Waals surface area contributed by atoms with E-state index in [4.69, 9.17) is 15.6 Å². The molecule has 1 heterocycles. The highest BCUT2D eigenvalue weighted by Crippen LogP contribution is 2.24. The molecular formula is C14H19ClN2O4. The molecule has 1 aliphatic rings. The number of hydrogen-bond acceptors (Lipinski definition) is 4. The number of aliphatic carboxylic acids is 1. The van der Waals surface area contributed by atoms with Gasteiger partial charge < -0.3 is 20.5 Å². The molecule has 21 heavy (non-hydrogen) atoms. The topological polar surface area (TPSA) is 92.9 Å². The van der Waals surface area contributed by atoms with Gasteiger partial charge >= 0.3 is 5.97 Å². The molecular weight excluding hydrogens is 296 g/mol. The molecule has 1 amide bonds. The van der Waals surface area contributed by atoms with Crippen LogP contribution >= 0.6 is 12.4 Å². The number of carboxylic acid groups (broad SMARTS) is 1. The summed E-state index contributed by atoms with van der Waals surface area (Å²) < 4.78 is 5.45. The Morgan fingerprint density at radius 1 is 1.38 bits per heavy atom. The molecule has 1 aliphatic heterocycles. The summed E-state index contributed by atoms with van der Waals surface area (Å²) in [5, 5.41) is 8.74. The van der Waals surface area contributed by atoms with E-state index < -0.39 is 12.0 Å². The molecule has 1 aromatic rings. The minimum atomic E-state index is -1.09. The van der Waals surface area contributed by atoms with Crippen LogP contribution in [0.1, 0.15) is 18.4 Å². The van der Waals surface area contributed by atoms with Crippen LogP contribution in [0, 0.1) is 0 Å². The van der Waals surface area contributed by atoms with E-state index in [0.29, 0.717) is 19.8 Å². The van der Waals surface area contributed by atoms with Gasteiger partial charge in [-0.3, -0.25) is 9.59 Å². The van der Waals surface area contributed by atoms with Gasteiger partial charge in [-0.05, 0) is 12.5 Å². The van der Waals surface area contributed by atoms with E-state index >= 15 is 0 Å². The summed E-state index contributed by atoms with van der Waals surface area (Å²) in [5.74, 6) is -1.21. The summed E-state index contributed by atoms with van der Waals surface area (Å²) in [6.07, 6.45) is 0.246. The lowest BCUT2D eigenvalue weighted by Gasteiger charge is -2.22. The minimum absolute atomic E-state index is 0. The number of anilines is 1. The van der Waals surface area contributed by atoms with Crippen molar-refractivity contribution in [2.45, 2.75) is 25.5 Å². The highest BCUT2D eigenvalue weighted by Gasteiger charge is 2.22. The Labute approximate surface area is 129 Å². The summed E-state index contributed by atoms with van der Waals surface area (Å²) in [6.45, 7) is 1.41. The van der Waals surface area contributed by atoms with Crippen LogP contribution in [0.5, 0.6) is 0 Å². The maximum atomic E-state index is 12.3. The first-order valence-electron chi connectivity index (χ1n) is 6.54. The Balaban J connectivity index is 0.00000220. The fourth-order valence-corrected chi connectivity index (χ4v) is 2.15. The van der Waals surface area contributed by atoms with Crippen molar-refractivity contribution >= 4 is 30.0 Å². The molecule has 1 aromatic carbocycles. The van der Waals surface area contributed by atoms with Crippen LogP contribution in [0.2, 0.25) is 0 Å². The number of amides is 1. The van der Waals surface area contributed by atoms with Crippen LogP contribution in [-0.2, 0) is 20.9 Å². The highest BCUT2D eigenvalue weighted by molar-refractivity contribution is 5.94. The highest BCUT2D eigenvalue weighted by atomic mass is 35.5. The van der Waals surface area contributed by atoms with Crippen molar-refractivity contribution in [2.75, 3.05) is 18.1 Å². The van der Waals surface area contributed by atoms with Gasteiger partial charge in [-0.1, -0.05) is 18.2 Å². The SMILES string of the molecule is Cl.NC(CCC(=O)N1CCOCc2ccccc21)C(=O)O. The number of ether oxygens (including phenoxy) is 1. The molecule has 0 spiro atoms. The van der Waals surface area contributed by atoms with Crippen LogP contribution in [0.15, 0.2) is 24.3 Å². The minimum Gasteiger partial charge on any atom is -0.480 e. The molecule has 0 saturated carbocycles. The summed E-state index contributed by atoms with van der Waals surface area (Å²) >= 11 is 0. The Hall–Kier alpha value is -1.63. The van der Waals surface area contributed by atoms with Crippen LogP contribution < -0.4 is 10.6 Å². The quantitative estimate of drug-likeness (QED) is 0.870. The monoisotopic (exact) mass is 314 g/mol. The third-order valence-corrected chi connectivity index (χ3v) is 3.29. The lowest BCUT2D eigenvalue weighted by atomic mass is 10.1. The van der Waals surface area contributed by atoms with Gasteiger partial charge in [0.1, 0.15) is 6.04 Å². The van der Waals surface area contributed by atoms with Gasteiger partial charge in [-0.25, -0.2) is 0 Å². The van der Waals surface area contributed by atoms with Crippen molar-refractivity contribution in [3.05, 3.63) is 29.8 Å². The smallest absolute Gasteiger partial charge is 0.320 e. The first kappa shape index (κ1) is 17.4. The van der Waals surface area contributed by atoms with Gasteiger partial charge in [0.25, 0.3) is 0 Å². The third kappa shape index (κ3) is 4.42. The van der Waals surface area contributed by atoms with Crippen molar-refractivity contribution < 1.29 is 19.4 Å². The average molecular weight is 315 g/mol. The lowest BCUT2D eigenvalue weighted by molar-refractivity contribution is -0.138. The molecule has 116 valence electrons. The molecule has 2 rings (SSSR count). The normalized spacial score (nSPS) is 15.4. The number of carboxylic acids is 1. The number of carbonyl (C=O) groups is 2. The molecule has 7 heteroatoms. The second-order valence-corrected chi connectivity index (χ2v) is 4.71. The predicted octanol–water partition coefficient (Wildman–Crippen LogP) is 1.16. The number of rotatable bonds is 4. The lowest BCUT2D eigenvalue weighted by Crippen LogP contribution is -2.36. The van der Waals surface area contributed by atoms with Crippen LogP contribution in [0.25, 0.3) is 0 Å². The van der Waals surface area contributed by atoms with Gasteiger partial charge in [0.2, 0.25) is 5.91 Å². The summed E-state index contributed by atoms with van der Waals surface area (Å²) in [6, 6.07) is 6.56. The van der Waals surface area contributed by atoms with E-state index in [2.05, 4.69) is 0 Å². The molecule has 1 atom stereocenters. The first-order valence-corrected chi connectivity index (χ1v) is 6.54. The van der Waals surface area contributed by atoms with Crippen molar-refractivity contribution in [1.29, 1.82) is 0 Å². The molecule has 0 saturated heterocycles. The van der Waals surface area contributed by atoms with E-state index in [-0.39, 0.29) is 31.2 Å². The van der Waals surface area contributed by atoms with Crippen molar-refractivity contribution in [1.82, 2.24) is 0 Å². The zero-order valence-electron chi connectivity index (χ0n) is 11.5. The van der Waals surface area contributed by atoms with Gasteiger partial charge in [0.15, 0.2) is 0 Å². The van der Waals surface area contributed by atoms with E-state index in [1.807, 2.05) is 24.3 Å². The number of benzene rings is 1. The Bertz CT molecular complexity index is 510. The zero-order chi connectivity index (χ0) is 14.5. The standard InChI is InChI=1S/C14H18N2O4.ClH/c15-11(14(18)19)5-6-13(17)16-7-8-20-9-10-3-1-2-4-12(10)16;/h1-4,11H,5-9,15H2,(H,18,19);1H. The Morgan fingerprint density at radius 2 is 2.10 bits per heavy atom. The zero-order valence-corrected chi connectivity index (χ0v) is 12.3. The van der Waals surface area contributed by atoms with Gasteiger partial charge in [-0.2, -0.15) is 0 Å². The number of para-hydroxylation sites is 1. The third-order valence-electron chi connectivity index (χ3n) is 3.29. The fraction of sp³-hybridized carbons (Fsp3) is 0.429. The van der Waals surface area contributed by atoms with E-state index in [0.717, 1.165) is 11.3 Å².